The van der Waals surface area contributed by atoms with Gasteiger partial charge in [-0.1, -0.05) is 12.1 Å². The first kappa shape index (κ1) is 11.4. The highest BCUT2D eigenvalue weighted by Gasteiger charge is 1.99. The highest BCUT2D eigenvalue weighted by Crippen LogP contribution is 2.18. The molecule has 0 aliphatic carbocycles. The van der Waals surface area contributed by atoms with Gasteiger partial charge in [0.1, 0.15) is 5.75 Å². The third kappa shape index (κ3) is 3.24. The highest BCUT2D eigenvalue weighted by atomic mass is 32.1. The lowest BCUT2D eigenvalue weighted by Gasteiger charge is -2.07. The number of hydrogen-bond acceptors (Lipinski definition) is 3. The van der Waals surface area contributed by atoms with Crippen LogP contribution in [-0.2, 0) is 6.42 Å². The van der Waals surface area contributed by atoms with Crippen molar-refractivity contribution in [1.82, 2.24) is 5.32 Å². The molecule has 1 N–H and O–H groups in total. The molecule has 0 atom stereocenters. The van der Waals surface area contributed by atoms with Crippen molar-refractivity contribution >= 4 is 12.6 Å². The van der Waals surface area contributed by atoms with Crippen molar-refractivity contribution in [2.24, 2.45) is 0 Å². The van der Waals surface area contributed by atoms with Gasteiger partial charge in [-0.2, -0.15) is 12.6 Å². The van der Waals surface area contributed by atoms with Gasteiger partial charge in [0.15, 0.2) is 0 Å². The average Bonchev–Trinajstić information content (AvgIpc) is 2.18. The summed E-state index contributed by atoms with van der Waals surface area (Å²) in [6.45, 7) is 3.03. The lowest BCUT2D eigenvalue weighted by molar-refractivity contribution is 0.411. The van der Waals surface area contributed by atoms with Crippen molar-refractivity contribution in [2.75, 3.05) is 19.5 Å². The summed E-state index contributed by atoms with van der Waals surface area (Å²) in [5, 5.41) is 3.18. The fourth-order valence-electron chi connectivity index (χ4n) is 1.41. The summed E-state index contributed by atoms with van der Waals surface area (Å²) in [7, 11) is 1.70. The Morgan fingerprint density at radius 3 is 2.79 bits per heavy atom. The van der Waals surface area contributed by atoms with Crippen molar-refractivity contribution in [3.8, 4) is 5.75 Å². The molecule has 0 fully saturated rings. The number of benzene rings is 1. The number of hydrogen-bond donors (Lipinski definition) is 2. The third-order valence-electron chi connectivity index (χ3n) is 2.16. The maximum absolute atomic E-state index is 5.20. The molecule has 0 spiro atoms. The summed E-state index contributed by atoms with van der Waals surface area (Å²) in [6.07, 6.45) is 1.03. The molecule has 2 nitrogen and oxygen atoms in total. The van der Waals surface area contributed by atoms with E-state index in [1.807, 2.05) is 6.07 Å². The fraction of sp³-hybridized carbons (Fsp3) is 0.455. The second kappa shape index (κ2) is 5.94. The van der Waals surface area contributed by atoms with Crippen molar-refractivity contribution in [3.05, 3.63) is 29.3 Å². The van der Waals surface area contributed by atoms with E-state index in [0.717, 1.165) is 24.6 Å². The first-order chi connectivity index (χ1) is 6.77. The minimum absolute atomic E-state index is 0.731. The minimum Gasteiger partial charge on any atom is -0.496 e. The van der Waals surface area contributed by atoms with Crippen LogP contribution in [0.1, 0.15) is 11.1 Å². The normalized spacial score (nSPS) is 10.2. The Bertz CT molecular complexity index is 289. The molecule has 0 saturated carbocycles. The standard InChI is InChI=1S/C11H17NOS/c1-9-7-10(5-6-12-8-14)3-4-11(9)13-2/h3-4,7,12,14H,5-6,8H2,1-2H3. The van der Waals surface area contributed by atoms with E-state index < -0.39 is 0 Å². The molecule has 0 aromatic heterocycles. The Balaban J connectivity index is 2.57. The minimum atomic E-state index is 0.731. The number of thiol groups is 1. The summed E-state index contributed by atoms with van der Waals surface area (Å²) >= 11 is 4.09. The molecule has 3 heteroatoms. The maximum Gasteiger partial charge on any atom is 0.121 e. The second-order valence-corrected chi connectivity index (χ2v) is 3.53. The molecule has 0 bridgehead atoms. The third-order valence-corrected chi connectivity index (χ3v) is 2.39. The summed E-state index contributed by atoms with van der Waals surface area (Å²) in [5.74, 6) is 1.69. The molecule has 14 heavy (non-hydrogen) atoms. The number of nitrogens with one attached hydrogen (secondary N) is 1. The van der Waals surface area contributed by atoms with Gasteiger partial charge >= 0.3 is 0 Å². The highest BCUT2D eigenvalue weighted by molar-refractivity contribution is 7.80. The molecule has 0 saturated heterocycles. The Labute approximate surface area is 91.1 Å². The van der Waals surface area contributed by atoms with E-state index in [2.05, 4.69) is 37.0 Å². The molecule has 0 unspecified atom stereocenters. The molecule has 0 heterocycles. The van der Waals surface area contributed by atoms with Crippen molar-refractivity contribution in [3.63, 3.8) is 0 Å². The van der Waals surface area contributed by atoms with Crippen LogP contribution in [0.2, 0.25) is 0 Å². The Morgan fingerprint density at radius 2 is 2.21 bits per heavy atom. The van der Waals surface area contributed by atoms with Gasteiger partial charge in [0.2, 0.25) is 0 Å². The fourth-order valence-corrected chi connectivity index (χ4v) is 1.57. The van der Waals surface area contributed by atoms with Gasteiger partial charge < -0.3 is 10.1 Å². The van der Waals surface area contributed by atoms with Crippen LogP contribution in [0.15, 0.2) is 18.2 Å². The topological polar surface area (TPSA) is 21.3 Å². The maximum atomic E-state index is 5.20. The molecule has 0 radical (unpaired) electrons. The Hall–Kier alpha value is -0.670. The zero-order valence-corrected chi connectivity index (χ0v) is 9.60. The van der Waals surface area contributed by atoms with E-state index in [-0.39, 0.29) is 0 Å². The lowest BCUT2D eigenvalue weighted by Crippen LogP contribution is -2.14. The van der Waals surface area contributed by atoms with Crippen LogP contribution in [0, 0.1) is 6.92 Å². The van der Waals surface area contributed by atoms with Gasteiger partial charge in [-0.15, -0.1) is 0 Å². The van der Waals surface area contributed by atoms with Crippen molar-refractivity contribution < 1.29 is 4.74 Å². The summed E-state index contributed by atoms with van der Waals surface area (Å²) in [5.41, 5.74) is 2.52. The lowest BCUT2D eigenvalue weighted by atomic mass is 10.1. The molecule has 1 aromatic rings. The van der Waals surface area contributed by atoms with Gasteiger partial charge in [-0.25, -0.2) is 0 Å². The number of methoxy groups -OCH3 is 1. The zero-order chi connectivity index (χ0) is 10.4. The summed E-state index contributed by atoms with van der Waals surface area (Å²) in [6, 6.07) is 6.29. The molecule has 0 aliphatic rings. The second-order valence-electron chi connectivity index (χ2n) is 3.21. The molecule has 1 rings (SSSR count). The Kier molecular flexibility index (Phi) is 4.84. The number of rotatable bonds is 5. The van der Waals surface area contributed by atoms with E-state index in [1.54, 1.807) is 7.11 Å². The van der Waals surface area contributed by atoms with E-state index in [4.69, 9.17) is 4.74 Å². The summed E-state index contributed by atoms with van der Waals surface area (Å²) in [4.78, 5) is 0. The average molecular weight is 211 g/mol. The smallest absolute Gasteiger partial charge is 0.121 e. The molecule has 78 valence electrons. The van der Waals surface area contributed by atoms with Gasteiger partial charge in [0.05, 0.1) is 7.11 Å². The Morgan fingerprint density at radius 1 is 1.43 bits per heavy atom. The predicted octanol–water partition coefficient (Wildman–Crippen LogP) is 2.02. The monoisotopic (exact) mass is 211 g/mol. The predicted molar refractivity (Wildman–Crippen MR) is 63.3 cm³/mol. The van der Waals surface area contributed by atoms with Crippen LogP contribution in [0.25, 0.3) is 0 Å². The van der Waals surface area contributed by atoms with Crippen LogP contribution in [0.4, 0.5) is 0 Å². The first-order valence-electron chi connectivity index (χ1n) is 4.73. The largest absolute Gasteiger partial charge is 0.496 e. The molecule has 0 amide bonds. The van der Waals surface area contributed by atoms with Gasteiger partial charge in [0, 0.05) is 5.88 Å². The number of aryl methyl sites for hydroxylation is 1. The van der Waals surface area contributed by atoms with Crippen molar-refractivity contribution in [1.29, 1.82) is 0 Å². The van der Waals surface area contributed by atoms with Crippen LogP contribution in [0.3, 0.4) is 0 Å². The van der Waals surface area contributed by atoms with Crippen molar-refractivity contribution in [2.45, 2.75) is 13.3 Å². The molecule has 0 aliphatic heterocycles. The SMILES string of the molecule is COc1ccc(CCNCS)cc1C. The molecule has 1 aromatic carbocycles. The van der Waals surface area contributed by atoms with Gasteiger partial charge in [-0.05, 0) is 37.1 Å². The van der Waals surface area contributed by atoms with Crippen LogP contribution >= 0.6 is 12.6 Å². The van der Waals surface area contributed by atoms with E-state index in [9.17, 15) is 0 Å². The van der Waals surface area contributed by atoms with Crippen LogP contribution in [-0.4, -0.2) is 19.5 Å². The summed E-state index contributed by atoms with van der Waals surface area (Å²) < 4.78 is 5.20. The number of ether oxygens (including phenoxy) is 1. The van der Waals surface area contributed by atoms with Gasteiger partial charge in [0.25, 0.3) is 0 Å². The van der Waals surface area contributed by atoms with Gasteiger partial charge in [-0.3, -0.25) is 0 Å². The van der Waals surface area contributed by atoms with E-state index in [1.165, 1.54) is 11.1 Å². The zero-order valence-electron chi connectivity index (χ0n) is 8.71. The quantitative estimate of drug-likeness (QED) is 0.442. The molecular weight excluding hydrogens is 194 g/mol. The first-order valence-corrected chi connectivity index (χ1v) is 5.36. The van der Waals surface area contributed by atoms with Crippen LogP contribution in [0.5, 0.6) is 5.75 Å². The van der Waals surface area contributed by atoms with E-state index >= 15 is 0 Å². The molecular formula is C11H17NOS. The van der Waals surface area contributed by atoms with Crippen LogP contribution < -0.4 is 10.1 Å². The van der Waals surface area contributed by atoms with E-state index in [0.29, 0.717) is 0 Å².